The van der Waals surface area contributed by atoms with Gasteiger partial charge in [-0.15, -0.1) is 0 Å². The summed E-state index contributed by atoms with van der Waals surface area (Å²) in [7, 11) is 1.37. The molecule has 0 radical (unpaired) electrons. The van der Waals surface area contributed by atoms with Gasteiger partial charge in [0.05, 0.1) is 0 Å². The lowest BCUT2D eigenvalue weighted by Crippen LogP contribution is -2.56. The number of hydrogen-bond donors (Lipinski definition) is 2. The van der Waals surface area contributed by atoms with Crippen molar-refractivity contribution in [3.63, 3.8) is 0 Å². The van der Waals surface area contributed by atoms with Crippen molar-refractivity contribution in [1.29, 1.82) is 0 Å². The minimum absolute atomic E-state index is 0.344. The van der Waals surface area contributed by atoms with E-state index in [2.05, 4.69) is 10.1 Å². The van der Waals surface area contributed by atoms with Crippen molar-refractivity contribution < 1.29 is 9.76 Å². The molecule has 4 nitrogen and oxygen atoms in total. The molecule has 1 heterocycles. The summed E-state index contributed by atoms with van der Waals surface area (Å²) in [6, 6.07) is 0.411. The minimum atomic E-state index is -0.344. The van der Waals surface area contributed by atoms with Gasteiger partial charge >= 0.3 is 7.05 Å². The molecular weight excluding hydrogens is 167 g/mol. The van der Waals surface area contributed by atoms with Gasteiger partial charge in [-0.1, -0.05) is 0 Å². The summed E-state index contributed by atoms with van der Waals surface area (Å²) in [5.74, 6) is 0. The van der Waals surface area contributed by atoms with Crippen LogP contribution in [-0.4, -0.2) is 56.3 Å². The molecule has 76 valence electrons. The molecule has 5 heteroatoms. The van der Waals surface area contributed by atoms with Crippen LogP contribution in [0.15, 0.2) is 0 Å². The maximum absolute atomic E-state index is 9.50. The first-order valence-electron chi connectivity index (χ1n) is 4.89. The zero-order valence-electron chi connectivity index (χ0n) is 8.49. The van der Waals surface area contributed by atoms with E-state index >= 15 is 0 Å². The minimum Gasteiger partial charge on any atom is -0.437 e. The Balaban J connectivity index is 2.37. The maximum Gasteiger partial charge on any atom is 0.376 e. The van der Waals surface area contributed by atoms with E-state index in [4.69, 9.17) is 4.74 Å². The van der Waals surface area contributed by atoms with Gasteiger partial charge < -0.3 is 19.9 Å². The van der Waals surface area contributed by atoms with Gasteiger partial charge in [-0.05, 0) is 13.2 Å². The fraction of sp³-hybridized carbons (Fsp3) is 1.00. The molecule has 1 rings (SSSR count). The Labute approximate surface area is 80.4 Å². The zero-order valence-corrected chi connectivity index (χ0v) is 8.49. The number of methoxy groups -OCH3 is 1. The summed E-state index contributed by atoms with van der Waals surface area (Å²) in [6.07, 6.45) is 0.981. The fourth-order valence-corrected chi connectivity index (χ4v) is 1.79. The lowest BCUT2D eigenvalue weighted by molar-refractivity contribution is 0.148. The Kier molecular flexibility index (Phi) is 4.73. The van der Waals surface area contributed by atoms with Crippen molar-refractivity contribution in [2.75, 3.05) is 33.4 Å². The van der Waals surface area contributed by atoms with Gasteiger partial charge in [-0.3, -0.25) is 0 Å². The Morgan fingerprint density at radius 3 is 3.08 bits per heavy atom. The molecule has 13 heavy (non-hydrogen) atoms. The largest absolute Gasteiger partial charge is 0.437 e. The van der Waals surface area contributed by atoms with E-state index in [0.717, 1.165) is 32.7 Å². The molecule has 0 amide bonds. The Morgan fingerprint density at radius 1 is 1.69 bits per heavy atom. The van der Waals surface area contributed by atoms with Crippen LogP contribution in [0.1, 0.15) is 6.42 Å². The highest BCUT2D eigenvalue weighted by Crippen LogP contribution is 2.08. The molecule has 0 aromatic rings. The molecule has 0 bridgehead atoms. The second-order valence-electron chi connectivity index (χ2n) is 3.51. The SMILES string of the molecule is COCCC1CNCCN1B(C)O. The fourth-order valence-electron chi connectivity index (χ4n) is 1.79. The van der Waals surface area contributed by atoms with E-state index in [1.54, 1.807) is 7.11 Å². The average Bonchev–Trinajstić information content (AvgIpc) is 2.15. The molecule has 1 saturated heterocycles. The molecule has 0 saturated carbocycles. The average molecular weight is 186 g/mol. The highest BCUT2D eigenvalue weighted by molar-refractivity contribution is 6.45. The quantitative estimate of drug-likeness (QED) is 0.576. The molecule has 0 aromatic heterocycles. The number of nitrogens with one attached hydrogen (secondary N) is 1. The monoisotopic (exact) mass is 186 g/mol. The molecule has 1 aliphatic heterocycles. The first-order chi connectivity index (χ1) is 6.25. The third-order valence-corrected chi connectivity index (χ3v) is 2.53. The smallest absolute Gasteiger partial charge is 0.376 e. The van der Waals surface area contributed by atoms with Gasteiger partial charge in [0.2, 0.25) is 0 Å². The summed E-state index contributed by atoms with van der Waals surface area (Å²) >= 11 is 0. The molecule has 1 unspecified atom stereocenters. The van der Waals surface area contributed by atoms with Crippen molar-refractivity contribution in [2.45, 2.75) is 19.3 Å². The van der Waals surface area contributed by atoms with Crippen LogP contribution in [0.3, 0.4) is 0 Å². The van der Waals surface area contributed by atoms with E-state index in [1.165, 1.54) is 0 Å². The van der Waals surface area contributed by atoms with Crippen molar-refractivity contribution >= 4 is 7.05 Å². The van der Waals surface area contributed by atoms with Gasteiger partial charge in [0.25, 0.3) is 0 Å². The van der Waals surface area contributed by atoms with E-state index in [1.807, 2.05) is 6.82 Å². The number of nitrogens with zero attached hydrogens (tertiary/aromatic N) is 1. The lowest BCUT2D eigenvalue weighted by atomic mass is 9.81. The van der Waals surface area contributed by atoms with Crippen molar-refractivity contribution in [3.05, 3.63) is 0 Å². The van der Waals surface area contributed by atoms with Gasteiger partial charge in [0, 0.05) is 39.4 Å². The van der Waals surface area contributed by atoms with Crippen LogP contribution in [0.5, 0.6) is 0 Å². The molecule has 2 N–H and O–H groups in total. The predicted octanol–water partition coefficient (Wildman–Crippen LogP) is -0.593. The van der Waals surface area contributed by atoms with Crippen LogP contribution in [0.2, 0.25) is 6.82 Å². The van der Waals surface area contributed by atoms with Crippen molar-refractivity contribution in [2.24, 2.45) is 0 Å². The Hall–Kier alpha value is -0.0951. The number of ether oxygens (including phenoxy) is 1. The van der Waals surface area contributed by atoms with Crippen LogP contribution in [0.4, 0.5) is 0 Å². The lowest BCUT2D eigenvalue weighted by Gasteiger charge is -2.36. The summed E-state index contributed by atoms with van der Waals surface area (Å²) < 4.78 is 5.04. The molecule has 1 aliphatic rings. The summed E-state index contributed by atoms with van der Waals surface area (Å²) in [4.78, 5) is 2.12. The number of hydrogen-bond acceptors (Lipinski definition) is 4. The third-order valence-electron chi connectivity index (χ3n) is 2.53. The summed E-state index contributed by atoms with van der Waals surface area (Å²) in [5, 5.41) is 12.8. The van der Waals surface area contributed by atoms with Crippen molar-refractivity contribution in [3.8, 4) is 0 Å². The van der Waals surface area contributed by atoms with Crippen LogP contribution in [0, 0.1) is 0 Å². The van der Waals surface area contributed by atoms with E-state index in [0.29, 0.717) is 6.04 Å². The predicted molar refractivity (Wildman–Crippen MR) is 53.7 cm³/mol. The summed E-state index contributed by atoms with van der Waals surface area (Å²) in [6.45, 7) is 5.43. The van der Waals surface area contributed by atoms with Gasteiger partial charge in [0.1, 0.15) is 0 Å². The molecule has 0 aromatic carbocycles. The third kappa shape index (κ3) is 3.27. The topological polar surface area (TPSA) is 44.7 Å². The zero-order chi connectivity index (χ0) is 9.68. The van der Waals surface area contributed by atoms with E-state index < -0.39 is 0 Å². The number of piperazine rings is 1. The molecule has 0 aliphatic carbocycles. The highest BCUT2D eigenvalue weighted by Gasteiger charge is 2.27. The Morgan fingerprint density at radius 2 is 2.46 bits per heavy atom. The summed E-state index contributed by atoms with van der Waals surface area (Å²) in [5.41, 5.74) is 0. The van der Waals surface area contributed by atoms with E-state index in [9.17, 15) is 5.02 Å². The molecule has 1 atom stereocenters. The number of rotatable bonds is 4. The highest BCUT2D eigenvalue weighted by atomic mass is 16.5. The van der Waals surface area contributed by atoms with E-state index in [-0.39, 0.29) is 7.05 Å². The van der Waals surface area contributed by atoms with Crippen molar-refractivity contribution in [1.82, 2.24) is 10.1 Å². The first kappa shape index (κ1) is 11.0. The van der Waals surface area contributed by atoms with Crippen LogP contribution in [-0.2, 0) is 4.74 Å². The molecule has 1 fully saturated rings. The standard InChI is InChI=1S/C8H19BN2O2/c1-9(12)11-5-4-10-7-8(11)3-6-13-2/h8,10,12H,3-7H2,1-2H3. The van der Waals surface area contributed by atoms with Crippen LogP contribution < -0.4 is 5.32 Å². The van der Waals surface area contributed by atoms with Gasteiger partial charge in [0.15, 0.2) is 0 Å². The maximum atomic E-state index is 9.50. The normalized spacial score (nSPS) is 24.7. The van der Waals surface area contributed by atoms with Gasteiger partial charge in [-0.2, -0.15) is 0 Å². The second kappa shape index (κ2) is 5.60. The molecule has 0 spiro atoms. The second-order valence-corrected chi connectivity index (χ2v) is 3.51. The van der Waals surface area contributed by atoms with Gasteiger partial charge in [-0.25, -0.2) is 0 Å². The Bertz CT molecular complexity index is 146. The molecular formula is C8H19BN2O2. The van der Waals surface area contributed by atoms with Crippen LogP contribution >= 0.6 is 0 Å². The van der Waals surface area contributed by atoms with Crippen LogP contribution in [0.25, 0.3) is 0 Å². The first-order valence-corrected chi connectivity index (χ1v) is 4.89.